The highest BCUT2D eigenvalue weighted by Gasteiger charge is 2.22. The van der Waals surface area contributed by atoms with Gasteiger partial charge in [-0.2, -0.15) is 0 Å². The van der Waals surface area contributed by atoms with Crippen molar-refractivity contribution in [3.63, 3.8) is 0 Å². The first-order valence-electron chi connectivity index (χ1n) is 12.0. The molecule has 0 fully saturated rings. The maximum atomic E-state index is 13.6. The monoisotopic (exact) mass is 407 g/mol. The molecule has 0 bridgehead atoms. The third-order valence-electron chi connectivity index (χ3n) is 6.42. The molecule has 0 N–H and O–H groups in total. The van der Waals surface area contributed by atoms with Crippen LogP contribution in [0.3, 0.4) is 0 Å². The molecule has 1 aromatic heterocycles. The summed E-state index contributed by atoms with van der Waals surface area (Å²) in [5.41, 5.74) is 7.55. The molecule has 1 atom stereocenters. The van der Waals surface area contributed by atoms with Gasteiger partial charge in [0.2, 0.25) is 0 Å². The summed E-state index contributed by atoms with van der Waals surface area (Å²) in [6.45, 7) is 13.0. The molecule has 164 valence electrons. The summed E-state index contributed by atoms with van der Waals surface area (Å²) >= 11 is 0. The molecule has 2 nitrogen and oxygen atoms in total. The number of rotatable bonds is 9. The highest BCUT2D eigenvalue weighted by Crippen LogP contribution is 2.30. The third-order valence-corrected chi connectivity index (χ3v) is 6.42. The molecule has 0 spiro atoms. The number of aromatic nitrogens is 1. The number of allylic oxidation sites excluding steroid dienone is 7. The lowest BCUT2D eigenvalue weighted by molar-refractivity contribution is 0.415. The normalized spacial score (nSPS) is 16.1. The van der Waals surface area contributed by atoms with E-state index in [0.29, 0.717) is 0 Å². The highest BCUT2D eigenvalue weighted by molar-refractivity contribution is 5.66. The van der Waals surface area contributed by atoms with E-state index in [1.165, 1.54) is 35.1 Å². The van der Waals surface area contributed by atoms with Crippen molar-refractivity contribution in [2.45, 2.75) is 99.0 Å². The lowest BCUT2D eigenvalue weighted by Gasteiger charge is -2.26. The van der Waals surface area contributed by atoms with Gasteiger partial charge in [0, 0.05) is 17.3 Å². The fourth-order valence-electron chi connectivity index (χ4n) is 4.69. The number of pyridine rings is 1. The summed E-state index contributed by atoms with van der Waals surface area (Å²) in [4.78, 5) is 13.6. The fourth-order valence-corrected chi connectivity index (χ4v) is 4.69. The number of unbranched alkanes of at least 4 members (excludes halogenated alkanes) is 1. The quantitative estimate of drug-likeness (QED) is 0.304. The summed E-state index contributed by atoms with van der Waals surface area (Å²) in [5.74, 6) is 0. The lowest BCUT2D eigenvalue weighted by Crippen LogP contribution is -2.32. The molecule has 1 heterocycles. The average Bonchev–Trinajstić information content (AvgIpc) is 3.01. The van der Waals surface area contributed by atoms with Gasteiger partial charge in [-0.25, -0.2) is 0 Å². The van der Waals surface area contributed by atoms with E-state index in [9.17, 15) is 4.79 Å². The largest absolute Gasteiger partial charge is 0.309 e. The van der Waals surface area contributed by atoms with Crippen LogP contribution in [0.15, 0.2) is 46.3 Å². The van der Waals surface area contributed by atoms with E-state index >= 15 is 0 Å². The maximum Gasteiger partial charge on any atom is 0.254 e. The topological polar surface area (TPSA) is 22.0 Å². The van der Waals surface area contributed by atoms with E-state index in [0.717, 1.165) is 49.8 Å². The Morgan fingerprint density at radius 3 is 2.53 bits per heavy atom. The molecular formula is C28H41NO. The van der Waals surface area contributed by atoms with Gasteiger partial charge in [-0.1, -0.05) is 64.0 Å². The van der Waals surface area contributed by atoms with Crippen LogP contribution in [0.25, 0.3) is 6.08 Å². The van der Waals surface area contributed by atoms with Crippen molar-refractivity contribution in [2.24, 2.45) is 0 Å². The number of nitrogens with zero attached hydrogens (tertiary/aromatic N) is 1. The van der Waals surface area contributed by atoms with Crippen LogP contribution in [0.5, 0.6) is 0 Å². The first-order chi connectivity index (χ1) is 14.5. The minimum Gasteiger partial charge on any atom is -0.309 e. The number of fused-ring (bicyclic) bond motifs is 1. The van der Waals surface area contributed by atoms with Gasteiger partial charge in [0.1, 0.15) is 0 Å². The van der Waals surface area contributed by atoms with Crippen molar-refractivity contribution in [1.29, 1.82) is 0 Å². The van der Waals surface area contributed by atoms with Gasteiger partial charge < -0.3 is 4.57 Å². The van der Waals surface area contributed by atoms with Crippen LogP contribution >= 0.6 is 0 Å². The zero-order chi connectivity index (χ0) is 22.1. The van der Waals surface area contributed by atoms with Crippen LogP contribution in [-0.2, 0) is 12.8 Å². The predicted octanol–water partition coefficient (Wildman–Crippen LogP) is 7.66. The molecule has 0 saturated carbocycles. The van der Waals surface area contributed by atoms with Gasteiger partial charge in [-0.05, 0) is 87.6 Å². The number of hydrogen-bond acceptors (Lipinski definition) is 1. The van der Waals surface area contributed by atoms with E-state index in [2.05, 4.69) is 82.6 Å². The summed E-state index contributed by atoms with van der Waals surface area (Å²) in [6, 6.07) is 0.285. The van der Waals surface area contributed by atoms with Crippen molar-refractivity contribution >= 4 is 6.08 Å². The van der Waals surface area contributed by atoms with Crippen molar-refractivity contribution < 1.29 is 0 Å². The molecule has 0 aliphatic heterocycles. The van der Waals surface area contributed by atoms with Crippen LogP contribution < -0.4 is 5.56 Å². The van der Waals surface area contributed by atoms with E-state index < -0.39 is 0 Å². The molecule has 30 heavy (non-hydrogen) atoms. The second kappa shape index (κ2) is 11.9. The maximum absolute atomic E-state index is 13.6. The van der Waals surface area contributed by atoms with Gasteiger partial charge in [0.25, 0.3) is 5.56 Å². The Bertz CT molecular complexity index is 892. The van der Waals surface area contributed by atoms with Gasteiger partial charge in [-0.3, -0.25) is 4.79 Å². The van der Waals surface area contributed by atoms with Crippen LogP contribution in [0, 0.1) is 6.92 Å². The van der Waals surface area contributed by atoms with Crippen molar-refractivity contribution in [1.82, 2.24) is 4.57 Å². The summed E-state index contributed by atoms with van der Waals surface area (Å²) in [7, 11) is 0. The smallest absolute Gasteiger partial charge is 0.254 e. The molecule has 1 unspecified atom stereocenters. The standard InChI is InChI=1S/C28H41NO/c1-7-12-17-24(11-5)29-21(6)27(20-23(10-4)22(9-3)16-8-2)25-18-14-13-15-19-26(25)28(29)30/h8-9,13-14,16,20,24H,7,10-12,15,17-19H2,1-6H3/b16-8-,22-9+,23-20+. The van der Waals surface area contributed by atoms with Gasteiger partial charge >= 0.3 is 0 Å². The molecule has 1 aromatic rings. The molecule has 2 heteroatoms. The molecule has 0 aromatic carbocycles. The Kier molecular flexibility index (Phi) is 9.62. The second-order valence-corrected chi connectivity index (χ2v) is 8.32. The van der Waals surface area contributed by atoms with Crippen LogP contribution in [0.4, 0.5) is 0 Å². The molecule has 0 saturated heterocycles. The molecule has 1 aliphatic rings. The summed E-state index contributed by atoms with van der Waals surface area (Å²) in [5, 5.41) is 0. The zero-order valence-electron chi connectivity index (χ0n) is 20.1. The third kappa shape index (κ3) is 5.33. The summed E-state index contributed by atoms with van der Waals surface area (Å²) in [6.07, 6.45) is 21.4. The Balaban J connectivity index is 2.80. The summed E-state index contributed by atoms with van der Waals surface area (Å²) < 4.78 is 2.14. The lowest BCUT2D eigenvalue weighted by atomic mass is 9.91. The Morgan fingerprint density at radius 1 is 1.17 bits per heavy atom. The van der Waals surface area contributed by atoms with Gasteiger partial charge in [0.05, 0.1) is 0 Å². The molecule has 2 rings (SSSR count). The first-order valence-corrected chi connectivity index (χ1v) is 12.0. The van der Waals surface area contributed by atoms with Crippen LogP contribution in [0.1, 0.15) is 102 Å². The average molecular weight is 408 g/mol. The van der Waals surface area contributed by atoms with E-state index in [1.54, 1.807) is 0 Å². The van der Waals surface area contributed by atoms with Crippen LogP contribution in [-0.4, -0.2) is 4.57 Å². The van der Waals surface area contributed by atoms with E-state index in [-0.39, 0.29) is 11.6 Å². The zero-order valence-corrected chi connectivity index (χ0v) is 20.1. The van der Waals surface area contributed by atoms with E-state index in [1.807, 2.05) is 0 Å². The molecule has 0 amide bonds. The molecular weight excluding hydrogens is 366 g/mol. The highest BCUT2D eigenvalue weighted by atomic mass is 16.1. The Hall–Kier alpha value is -2.09. The van der Waals surface area contributed by atoms with E-state index in [4.69, 9.17) is 0 Å². The van der Waals surface area contributed by atoms with Crippen molar-refractivity contribution in [3.8, 4) is 0 Å². The number of hydrogen-bond donors (Lipinski definition) is 0. The molecule has 1 aliphatic carbocycles. The minimum absolute atomic E-state index is 0.254. The second-order valence-electron chi connectivity index (χ2n) is 8.32. The van der Waals surface area contributed by atoms with Crippen molar-refractivity contribution in [3.05, 3.63) is 74.3 Å². The fraction of sp³-hybridized carbons (Fsp3) is 0.536. The Morgan fingerprint density at radius 2 is 1.93 bits per heavy atom. The minimum atomic E-state index is 0.254. The first kappa shape index (κ1) is 24.2. The van der Waals surface area contributed by atoms with Crippen LogP contribution in [0.2, 0.25) is 0 Å². The van der Waals surface area contributed by atoms with Gasteiger partial charge in [0.15, 0.2) is 0 Å². The Labute approximate surface area is 184 Å². The SMILES string of the molecule is C\C=C/C(=C\C)C(=C/c1c2c(c(=O)n(C(CC)CCCC)c1C)CCC=CC2)/CC. The predicted molar refractivity (Wildman–Crippen MR) is 132 cm³/mol. The molecule has 0 radical (unpaired) electrons. The van der Waals surface area contributed by atoms with Crippen molar-refractivity contribution in [2.75, 3.05) is 0 Å². The van der Waals surface area contributed by atoms with Gasteiger partial charge in [-0.15, -0.1) is 0 Å².